The Balaban J connectivity index is 1.90. The van der Waals surface area contributed by atoms with Gasteiger partial charge in [-0.3, -0.25) is 14.9 Å². The van der Waals surface area contributed by atoms with E-state index in [1.165, 1.54) is 30.7 Å². The second-order valence-electron chi connectivity index (χ2n) is 6.31. The highest BCUT2D eigenvalue weighted by Gasteiger charge is 2.15. The smallest absolute Gasteiger partial charge is 0.338 e. The maximum absolute atomic E-state index is 12.0. The fourth-order valence-corrected chi connectivity index (χ4v) is 2.53. The molecule has 0 spiro atoms. The van der Waals surface area contributed by atoms with Crippen LogP contribution in [0.1, 0.15) is 47.7 Å². The Morgan fingerprint density at radius 2 is 1.85 bits per heavy atom. The van der Waals surface area contributed by atoms with Crippen LogP contribution < -0.4 is 5.32 Å². The Bertz CT molecular complexity index is 846. The van der Waals surface area contributed by atoms with E-state index in [-0.39, 0.29) is 11.3 Å². The number of ether oxygens (including phenoxy) is 1. The van der Waals surface area contributed by atoms with Crippen molar-refractivity contribution in [1.82, 2.24) is 0 Å². The maximum Gasteiger partial charge on any atom is 0.338 e. The second-order valence-corrected chi connectivity index (χ2v) is 6.31. The number of nitro benzene ring substituents is 1. The molecule has 1 atom stereocenters. The molecule has 0 saturated heterocycles. The molecule has 0 heterocycles. The largest absolute Gasteiger partial charge is 0.452 e. The van der Waals surface area contributed by atoms with Gasteiger partial charge in [-0.05, 0) is 49.1 Å². The van der Waals surface area contributed by atoms with Crippen molar-refractivity contribution in [1.29, 1.82) is 0 Å². The monoisotopic (exact) mass is 370 g/mol. The first kappa shape index (κ1) is 20.1. The molecule has 27 heavy (non-hydrogen) atoms. The number of amides is 1. The highest BCUT2D eigenvalue weighted by Crippen LogP contribution is 2.21. The lowest BCUT2D eigenvalue weighted by Crippen LogP contribution is -2.21. The first-order valence-electron chi connectivity index (χ1n) is 8.63. The van der Waals surface area contributed by atoms with Gasteiger partial charge in [-0.1, -0.05) is 26.0 Å². The zero-order chi connectivity index (χ0) is 20.0. The van der Waals surface area contributed by atoms with Crippen molar-refractivity contribution in [2.45, 2.75) is 33.1 Å². The van der Waals surface area contributed by atoms with E-state index < -0.39 is 23.4 Å². The summed E-state index contributed by atoms with van der Waals surface area (Å²) >= 11 is 0. The predicted octanol–water partition coefficient (Wildman–Crippen LogP) is 4.21. The van der Waals surface area contributed by atoms with Crippen LogP contribution in [0.2, 0.25) is 0 Å². The van der Waals surface area contributed by atoms with E-state index in [9.17, 15) is 19.7 Å². The summed E-state index contributed by atoms with van der Waals surface area (Å²) in [6, 6.07) is 11.4. The molecule has 1 amide bonds. The molecule has 0 fully saturated rings. The number of hydrogen-bond donors (Lipinski definition) is 1. The van der Waals surface area contributed by atoms with E-state index in [2.05, 4.69) is 19.2 Å². The van der Waals surface area contributed by atoms with E-state index in [1.807, 2.05) is 12.1 Å². The summed E-state index contributed by atoms with van der Waals surface area (Å²) in [5, 5.41) is 13.5. The van der Waals surface area contributed by atoms with Crippen LogP contribution in [0, 0.1) is 17.0 Å². The Morgan fingerprint density at radius 3 is 2.41 bits per heavy atom. The van der Waals surface area contributed by atoms with Crippen LogP contribution in [0.3, 0.4) is 0 Å². The van der Waals surface area contributed by atoms with E-state index in [0.29, 0.717) is 17.2 Å². The second kappa shape index (κ2) is 8.93. The van der Waals surface area contributed by atoms with Crippen molar-refractivity contribution < 1.29 is 19.2 Å². The van der Waals surface area contributed by atoms with Gasteiger partial charge < -0.3 is 10.1 Å². The number of carbonyl (C=O) groups excluding carboxylic acids is 2. The van der Waals surface area contributed by atoms with E-state index in [0.717, 1.165) is 6.42 Å². The summed E-state index contributed by atoms with van der Waals surface area (Å²) in [5.41, 5.74) is 2.24. The molecule has 0 aliphatic heterocycles. The number of anilines is 1. The zero-order valence-electron chi connectivity index (χ0n) is 15.5. The third-order valence-corrected chi connectivity index (χ3v) is 4.34. The van der Waals surface area contributed by atoms with Gasteiger partial charge in [-0.25, -0.2) is 4.79 Å². The molecule has 0 radical (unpaired) electrons. The summed E-state index contributed by atoms with van der Waals surface area (Å²) < 4.78 is 4.98. The minimum absolute atomic E-state index is 0.0786. The first-order valence-corrected chi connectivity index (χ1v) is 8.63. The van der Waals surface area contributed by atoms with E-state index in [4.69, 9.17) is 4.74 Å². The van der Waals surface area contributed by atoms with E-state index in [1.54, 1.807) is 12.1 Å². The molecular formula is C20H22N2O5. The summed E-state index contributed by atoms with van der Waals surface area (Å²) in [6.07, 6.45) is 1.03. The van der Waals surface area contributed by atoms with Gasteiger partial charge in [0.15, 0.2) is 6.61 Å². The van der Waals surface area contributed by atoms with Crippen LogP contribution in [0.25, 0.3) is 0 Å². The van der Waals surface area contributed by atoms with Crippen molar-refractivity contribution in [2.24, 2.45) is 0 Å². The van der Waals surface area contributed by atoms with Gasteiger partial charge in [0.1, 0.15) is 0 Å². The van der Waals surface area contributed by atoms with Gasteiger partial charge in [0, 0.05) is 17.3 Å². The van der Waals surface area contributed by atoms with Crippen LogP contribution in [0.15, 0.2) is 42.5 Å². The van der Waals surface area contributed by atoms with Gasteiger partial charge in [0.2, 0.25) is 0 Å². The van der Waals surface area contributed by atoms with Gasteiger partial charge >= 0.3 is 5.97 Å². The quantitative estimate of drug-likeness (QED) is 0.447. The summed E-state index contributed by atoms with van der Waals surface area (Å²) in [6.45, 7) is 5.33. The number of carbonyl (C=O) groups is 2. The molecule has 0 saturated carbocycles. The standard InChI is InChI=1S/C20H22N2O5/c1-4-13(2)15-5-8-17(9-6-15)21-19(23)12-27-20(24)16-7-10-18(22(25)26)14(3)11-16/h5-11,13H,4,12H2,1-3H3,(H,21,23)/t13-/m1/s1. The third-order valence-electron chi connectivity index (χ3n) is 4.34. The molecule has 0 unspecified atom stereocenters. The lowest BCUT2D eigenvalue weighted by molar-refractivity contribution is -0.385. The Labute approximate surface area is 157 Å². The van der Waals surface area contributed by atoms with Crippen LogP contribution in [0.4, 0.5) is 11.4 Å². The molecule has 1 N–H and O–H groups in total. The minimum atomic E-state index is -0.713. The molecule has 142 valence electrons. The predicted molar refractivity (Wildman–Crippen MR) is 102 cm³/mol. The zero-order valence-corrected chi connectivity index (χ0v) is 15.5. The molecular weight excluding hydrogens is 348 g/mol. The number of nitro groups is 1. The molecule has 2 rings (SSSR count). The summed E-state index contributed by atoms with van der Waals surface area (Å²) in [7, 11) is 0. The highest BCUT2D eigenvalue weighted by atomic mass is 16.6. The van der Waals surface area contributed by atoms with Crippen LogP contribution in [0.5, 0.6) is 0 Å². The topological polar surface area (TPSA) is 98.5 Å². The molecule has 7 nitrogen and oxygen atoms in total. The fourth-order valence-electron chi connectivity index (χ4n) is 2.53. The summed E-state index contributed by atoms with van der Waals surface area (Å²) in [5.74, 6) is -0.727. The highest BCUT2D eigenvalue weighted by molar-refractivity contribution is 5.95. The lowest BCUT2D eigenvalue weighted by Gasteiger charge is -2.11. The minimum Gasteiger partial charge on any atom is -0.452 e. The van der Waals surface area contributed by atoms with Crippen molar-refractivity contribution >= 4 is 23.3 Å². The van der Waals surface area contributed by atoms with Crippen LogP contribution in [-0.2, 0) is 9.53 Å². The number of nitrogens with one attached hydrogen (secondary N) is 1. The number of aryl methyl sites for hydroxylation is 1. The molecule has 0 aliphatic carbocycles. The van der Waals surface area contributed by atoms with Gasteiger partial charge in [0.05, 0.1) is 10.5 Å². The molecule has 0 bridgehead atoms. The van der Waals surface area contributed by atoms with Crippen molar-refractivity contribution in [2.75, 3.05) is 11.9 Å². The van der Waals surface area contributed by atoms with Gasteiger partial charge in [-0.15, -0.1) is 0 Å². The fraction of sp³-hybridized carbons (Fsp3) is 0.300. The molecule has 2 aromatic carbocycles. The van der Waals surface area contributed by atoms with Crippen molar-refractivity contribution in [3.63, 3.8) is 0 Å². The Morgan fingerprint density at radius 1 is 1.19 bits per heavy atom. The van der Waals surface area contributed by atoms with Gasteiger partial charge in [-0.2, -0.15) is 0 Å². The van der Waals surface area contributed by atoms with Crippen LogP contribution >= 0.6 is 0 Å². The molecule has 0 aliphatic rings. The number of benzene rings is 2. The van der Waals surface area contributed by atoms with E-state index >= 15 is 0 Å². The summed E-state index contributed by atoms with van der Waals surface area (Å²) in [4.78, 5) is 34.3. The molecule has 7 heteroatoms. The number of esters is 1. The van der Waals surface area contributed by atoms with Gasteiger partial charge in [0.25, 0.3) is 11.6 Å². The number of nitrogens with zero attached hydrogens (tertiary/aromatic N) is 1. The maximum atomic E-state index is 12.0. The third kappa shape index (κ3) is 5.37. The molecule has 2 aromatic rings. The van der Waals surface area contributed by atoms with Crippen LogP contribution in [-0.4, -0.2) is 23.4 Å². The van der Waals surface area contributed by atoms with Crippen molar-refractivity contribution in [3.05, 3.63) is 69.3 Å². The Hall–Kier alpha value is -3.22. The number of hydrogen-bond acceptors (Lipinski definition) is 5. The normalized spacial score (nSPS) is 11.5. The lowest BCUT2D eigenvalue weighted by atomic mass is 9.99. The van der Waals surface area contributed by atoms with Crippen molar-refractivity contribution in [3.8, 4) is 0 Å². The average molecular weight is 370 g/mol. The number of rotatable bonds is 7. The average Bonchev–Trinajstić information content (AvgIpc) is 2.65. The SMILES string of the molecule is CC[C@@H](C)c1ccc(NC(=O)COC(=O)c2ccc([N+](=O)[O-])c(C)c2)cc1. The Kier molecular flexibility index (Phi) is 6.65. The molecule has 0 aromatic heterocycles. The first-order chi connectivity index (χ1) is 12.8.